The van der Waals surface area contributed by atoms with Gasteiger partial charge >= 0.3 is 0 Å². The number of aliphatic hydroxyl groups is 3. The Morgan fingerprint density at radius 2 is 1.21 bits per heavy atom. The Morgan fingerprint density at radius 3 is 1.43 bits per heavy atom. The van der Waals surface area contributed by atoms with Gasteiger partial charge in [0, 0.05) is 0 Å². The lowest BCUT2D eigenvalue weighted by atomic mass is 10.0. The van der Waals surface area contributed by atoms with Crippen LogP contribution in [0.25, 0.3) is 0 Å². The lowest BCUT2D eigenvalue weighted by Gasteiger charge is -2.18. The first-order valence-corrected chi connectivity index (χ1v) is 3.82. The van der Waals surface area contributed by atoms with Crippen LogP contribution in [0.1, 0.15) is 0 Å². The number of aliphatic hydroxyl groups excluding tert-OH is 3. The van der Waals surface area contributed by atoms with Crippen LogP contribution in [0.5, 0.6) is 0 Å². The maximum Gasteiger partial charge on any atom is 0.186 e. The van der Waals surface area contributed by atoms with E-state index in [1.165, 1.54) is 0 Å². The van der Waals surface area contributed by atoms with Gasteiger partial charge in [-0.25, -0.2) is 0 Å². The summed E-state index contributed by atoms with van der Waals surface area (Å²) >= 11 is 0. The van der Waals surface area contributed by atoms with Gasteiger partial charge in [-0.1, -0.05) is 13.2 Å². The van der Waals surface area contributed by atoms with E-state index in [4.69, 9.17) is 15.3 Å². The van der Waals surface area contributed by atoms with Crippen molar-refractivity contribution in [2.45, 2.75) is 18.3 Å². The van der Waals surface area contributed by atoms with Crippen LogP contribution in [-0.2, 0) is 9.59 Å². The van der Waals surface area contributed by atoms with E-state index in [0.717, 1.165) is 12.2 Å². The van der Waals surface area contributed by atoms with E-state index < -0.39 is 29.9 Å². The fourth-order valence-electron chi connectivity index (χ4n) is 0.751. The highest BCUT2D eigenvalue weighted by atomic mass is 16.4. The van der Waals surface area contributed by atoms with Gasteiger partial charge < -0.3 is 15.3 Å². The number of hydrogen-bond donors (Lipinski definition) is 3. The molecule has 14 heavy (non-hydrogen) atoms. The number of ketones is 2. The molecule has 5 heteroatoms. The Hall–Kier alpha value is -1.30. The van der Waals surface area contributed by atoms with Gasteiger partial charge in [-0.05, 0) is 12.2 Å². The molecule has 0 aliphatic rings. The molecule has 0 amide bonds. The Labute approximate surface area is 81.0 Å². The van der Waals surface area contributed by atoms with Crippen LogP contribution in [0.4, 0.5) is 0 Å². The van der Waals surface area contributed by atoms with E-state index in [1.807, 2.05) is 0 Å². The van der Waals surface area contributed by atoms with Gasteiger partial charge in [0.15, 0.2) is 11.6 Å². The van der Waals surface area contributed by atoms with Crippen LogP contribution in [0, 0.1) is 0 Å². The molecular weight excluding hydrogens is 188 g/mol. The van der Waals surface area contributed by atoms with E-state index in [2.05, 4.69) is 13.2 Å². The fraction of sp³-hybridized carbons (Fsp3) is 0.333. The second kappa shape index (κ2) is 5.43. The summed E-state index contributed by atoms with van der Waals surface area (Å²) in [5, 5.41) is 27.3. The van der Waals surface area contributed by atoms with Crippen molar-refractivity contribution in [1.29, 1.82) is 0 Å². The molecule has 3 N–H and O–H groups in total. The monoisotopic (exact) mass is 200 g/mol. The molecule has 0 rings (SSSR count). The summed E-state index contributed by atoms with van der Waals surface area (Å²) in [5.74, 6) is -1.73. The van der Waals surface area contributed by atoms with Crippen molar-refractivity contribution in [2.24, 2.45) is 0 Å². The highest BCUT2D eigenvalue weighted by Gasteiger charge is 2.31. The van der Waals surface area contributed by atoms with Crippen molar-refractivity contribution >= 4 is 11.6 Å². The largest absolute Gasteiger partial charge is 0.387 e. The lowest BCUT2D eigenvalue weighted by Crippen LogP contribution is -2.44. The van der Waals surface area contributed by atoms with Gasteiger partial charge in [-0.3, -0.25) is 9.59 Å². The molecule has 0 aromatic carbocycles. The van der Waals surface area contributed by atoms with Crippen molar-refractivity contribution in [3.05, 3.63) is 25.3 Å². The van der Waals surface area contributed by atoms with Gasteiger partial charge in [-0.2, -0.15) is 0 Å². The second-order valence-electron chi connectivity index (χ2n) is 2.59. The van der Waals surface area contributed by atoms with Crippen molar-refractivity contribution in [2.75, 3.05) is 0 Å². The zero-order valence-corrected chi connectivity index (χ0v) is 7.46. The van der Waals surface area contributed by atoms with Crippen molar-refractivity contribution in [1.82, 2.24) is 0 Å². The summed E-state index contributed by atoms with van der Waals surface area (Å²) in [5.41, 5.74) is 0. The van der Waals surface area contributed by atoms with E-state index >= 15 is 0 Å². The van der Waals surface area contributed by atoms with Crippen molar-refractivity contribution < 1.29 is 24.9 Å². The van der Waals surface area contributed by atoms with Crippen LogP contribution in [0.15, 0.2) is 25.3 Å². The molecule has 5 nitrogen and oxygen atoms in total. The smallest absolute Gasteiger partial charge is 0.186 e. The molecule has 2 atom stereocenters. The van der Waals surface area contributed by atoms with Gasteiger partial charge in [-0.15, -0.1) is 0 Å². The number of hydrogen-bond acceptors (Lipinski definition) is 5. The molecular formula is C9H12O5. The quantitative estimate of drug-likeness (QED) is 0.457. The molecule has 0 aromatic heterocycles. The molecule has 0 heterocycles. The van der Waals surface area contributed by atoms with Crippen molar-refractivity contribution in [3.8, 4) is 0 Å². The molecule has 2 unspecified atom stereocenters. The Bertz CT molecular complexity index is 232. The summed E-state index contributed by atoms with van der Waals surface area (Å²) in [4.78, 5) is 21.6. The van der Waals surface area contributed by atoms with Crippen LogP contribution in [0.3, 0.4) is 0 Å². The van der Waals surface area contributed by atoms with E-state index in [9.17, 15) is 9.59 Å². The minimum atomic E-state index is -1.87. The summed E-state index contributed by atoms with van der Waals surface area (Å²) in [6.07, 6.45) is -4.00. The van der Waals surface area contributed by atoms with Gasteiger partial charge in [0.1, 0.15) is 18.3 Å². The summed E-state index contributed by atoms with van der Waals surface area (Å²) in [6, 6.07) is 0. The molecule has 0 fully saturated rings. The second-order valence-corrected chi connectivity index (χ2v) is 2.59. The molecule has 0 saturated heterocycles. The molecule has 0 aliphatic heterocycles. The van der Waals surface area contributed by atoms with Gasteiger partial charge in [0.25, 0.3) is 0 Å². The third-order valence-electron chi connectivity index (χ3n) is 1.63. The summed E-state index contributed by atoms with van der Waals surface area (Å²) < 4.78 is 0. The Kier molecular flexibility index (Phi) is 4.93. The average Bonchev–Trinajstić information content (AvgIpc) is 2.23. The van der Waals surface area contributed by atoms with E-state index in [1.54, 1.807) is 0 Å². The number of carbonyl (C=O) groups is 2. The predicted molar refractivity (Wildman–Crippen MR) is 48.4 cm³/mol. The maximum absolute atomic E-state index is 10.8. The Morgan fingerprint density at radius 1 is 0.929 bits per heavy atom. The first-order valence-electron chi connectivity index (χ1n) is 3.82. The molecule has 0 aliphatic carbocycles. The summed E-state index contributed by atoms with van der Waals surface area (Å²) in [6.45, 7) is 6.16. The minimum absolute atomic E-state index is 0.791. The highest BCUT2D eigenvalue weighted by molar-refractivity contribution is 5.96. The SMILES string of the molecule is C=CC(=O)C(O)C(O)C(O)C(=O)C=C. The van der Waals surface area contributed by atoms with E-state index in [0.29, 0.717) is 0 Å². The first-order chi connectivity index (χ1) is 6.45. The van der Waals surface area contributed by atoms with Crippen LogP contribution < -0.4 is 0 Å². The summed E-state index contributed by atoms with van der Waals surface area (Å²) in [7, 11) is 0. The molecule has 0 saturated carbocycles. The zero-order chi connectivity index (χ0) is 11.3. The van der Waals surface area contributed by atoms with Crippen LogP contribution >= 0.6 is 0 Å². The lowest BCUT2D eigenvalue weighted by molar-refractivity contribution is -0.141. The predicted octanol–water partition coefficient (Wildman–Crippen LogP) is -1.42. The van der Waals surface area contributed by atoms with E-state index in [-0.39, 0.29) is 0 Å². The first kappa shape index (κ1) is 12.7. The Balaban J connectivity index is 4.52. The third kappa shape index (κ3) is 2.88. The average molecular weight is 200 g/mol. The number of carbonyl (C=O) groups excluding carboxylic acids is 2. The molecule has 0 aromatic rings. The normalized spacial score (nSPS) is 16.5. The van der Waals surface area contributed by atoms with Crippen LogP contribution in [0.2, 0.25) is 0 Å². The third-order valence-corrected chi connectivity index (χ3v) is 1.63. The molecule has 0 bridgehead atoms. The highest BCUT2D eigenvalue weighted by Crippen LogP contribution is 2.03. The topological polar surface area (TPSA) is 94.8 Å². The minimum Gasteiger partial charge on any atom is -0.387 e. The van der Waals surface area contributed by atoms with Crippen molar-refractivity contribution in [3.63, 3.8) is 0 Å². The maximum atomic E-state index is 10.8. The number of rotatable bonds is 6. The van der Waals surface area contributed by atoms with Gasteiger partial charge in [0.05, 0.1) is 0 Å². The fourth-order valence-corrected chi connectivity index (χ4v) is 0.751. The standard InChI is InChI=1S/C9H12O5/c1-3-5(10)7(12)9(14)8(13)6(11)4-2/h3-4,7-9,12-14H,1-2H2. The molecule has 78 valence electrons. The molecule has 0 radical (unpaired) electrons. The van der Waals surface area contributed by atoms with Gasteiger partial charge in [0.2, 0.25) is 0 Å². The zero-order valence-electron chi connectivity index (χ0n) is 7.46. The molecule has 0 spiro atoms. The van der Waals surface area contributed by atoms with Crippen LogP contribution in [-0.4, -0.2) is 45.2 Å².